The van der Waals surface area contributed by atoms with Crippen LogP contribution in [0.1, 0.15) is 26.6 Å². The number of nitrogens with one attached hydrogen (secondary N) is 1. The third kappa shape index (κ3) is 2.90. The van der Waals surface area contributed by atoms with E-state index in [1.807, 2.05) is 19.9 Å². The molecule has 100 valence electrons. The van der Waals surface area contributed by atoms with E-state index in [0.29, 0.717) is 24.6 Å². The fourth-order valence-corrected chi connectivity index (χ4v) is 2.24. The van der Waals surface area contributed by atoms with Crippen molar-refractivity contribution in [2.75, 3.05) is 24.6 Å². The number of hydrogen-bond acceptors (Lipinski definition) is 5. The molecule has 0 aromatic carbocycles. The summed E-state index contributed by atoms with van der Waals surface area (Å²) in [6, 6.07) is 2.85. The van der Waals surface area contributed by atoms with E-state index in [1.54, 1.807) is 0 Å². The zero-order valence-corrected chi connectivity index (χ0v) is 11.6. The Morgan fingerprint density at radius 3 is 2.94 bits per heavy atom. The van der Waals surface area contributed by atoms with Crippen LogP contribution in [0.4, 0.5) is 5.82 Å². The van der Waals surface area contributed by atoms with Crippen molar-refractivity contribution in [3.05, 3.63) is 11.9 Å². The fraction of sp³-hybridized carbons (Fsp3) is 0.692. The van der Waals surface area contributed by atoms with Crippen LogP contribution in [0.15, 0.2) is 6.07 Å². The van der Waals surface area contributed by atoms with Gasteiger partial charge in [-0.25, -0.2) is 4.98 Å². The average Bonchev–Trinajstić information content (AvgIpc) is 2.32. The molecule has 1 saturated heterocycles. The van der Waals surface area contributed by atoms with E-state index in [0.717, 1.165) is 24.7 Å². The van der Waals surface area contributed by atoms with Gasteiger partial charge in [0.2, 0.25) is 5.88 Å². The molecule has 18 heavy (non-hydrogen) atoms. The molecule has 0 bridgehead atoms. The van der Waals surface area contributed by atoms with Crippen LogP contribution in [0.25, 0.3) is 0 Å². The summed E-state index contributed by atoms with van der Waals surface area (Å²) in [5.74, 6) is 2.39. The summed E-state index contributed by atoms with van der Waals surface area (Å²) < 4.78 is 5.49. The summed E-state index contributed by atoms with van der Waals surface area (Å²) in [5, 5.41) is 3.47. The van der Waals surface area contributed by atoms with E-state index in [2.05, 4.69) is 34.0 Å². The second-order valence-corrected chi connectivity index (χ2v) is 4.86. The second kappa shape index (κ2) is 5.52. The zero-order valence-electron chi connectivity index (χ0n) is 11.6. The Balaban J connectivity index is 2.25. The second-order valence-electron chi connectivity index (χ2n) is 4.86. The van der Waals surface area contributed by atoms with E-state index in [4.69, 9.17) is 4.74 Å². The summed E-state index contributed by atoms with van der Waals surface area (Å²) in [4.78, 5) is 11.1. The van der Waals surface area contributed by atoms with Crippen molar-refractivity contribution in [3.8, 4) is 5.88 Å². The van der Waals surface area contributed by atoms with Gasteiger partial charge in [0.05, 0.1) is 6.61 Å². The van der Waals surface area contributed by atoms with Crippen molar-refractivity contribution in [3.63, 3.8) is 0 Å². The maximum absolute atomic E-state index is 5.49. The molecule has 2 rings (SSSR count). The molecule has 2 heterocycles. The van der Waals surface area contributed by atoms with Crippen LogP contribution >= 0.6 is 0 Å². The highest BCUT2D eigenvalue weighted by Gasteiger charge is 2.24. The molecule has 1 N–H and O–H groups in total. The summed E-state index contributed by atoms with van der Waals surface area (Å²) in [6.07, 6.45) is 0. The molecule has 0 aliphatic carbocycles. The monoisotopic (exact) mass is 250 g/mol. The first kappa shape index (κ1) is 13.1. The molecule has 2 atom stereocenters. The zero-order chi connectivity index (χ0) is 13.1. The standard InChI is InChI=1S/C13H22N4O/c1-5-18-13-6-12(15-11(4)16-13)17-8-9(2)14-7-10(17)3/h6,9-10,14H,5,7-8H2,1-4H3. The van der Waals surface area contributed by atoms with Crippen LogP contribution in [0.2, 0.25) is 0 Å². The number of aryl methyl sites for hydroxylation is 1. The summed E-state index contributed by atoms with van der Waals surface area (Å²) in [7, 11) is 0. The average molecular weight is 250 g/mol. The van der Waals surface area contributed by atoms with Crippen LogP contribution in [-0.4, -0.2) is 41.7 Å². The topological polar surface area (TPSA) is 50.3 Å². The van der Waals surface area contributed by atoms with Crippen molar-refractivity contribution >= 4 is 5.82 Å². The summed E-state index contributed by atoms with van der Waals surface area (Å²) in [6.45, 7) is 10.8. The minimum absolute atomic E-state index is 0.435. The molecule has 0 saturated carbocycles. The van der Waals surface area contributed by atoms with Crippen molar-refractivity contribution < 1.29 is 4.74 Å². The van der Waals surface area contributed by atoms with Gasteiger partial charge in [0.25, 0.3) is 0 Å². The lowest BCUT2D eigenvalue weighted by Gasteiger charge is -2.38. The maximum atomic E-state index is 5.49. The van der Waals surface area contributed by atoms with Gasteiger partial charge in [-0.1, -0.05) is 0 Å². The Morgan fingerprint density at radius 2 is 2.22 bits per heavy atom. The number of hydrogen-bond donors (Lipinski definition) is 1. The molecule has 1 fully saturated rings. The normalized spacial score (nSPS) is 24.1. The lowest BCUT2D eigenvalue weighted by Crippen LogP contribution is -2.54. The van der Waals surface area contributed by atoms with Crippen LogP contribution in [0, 0.1) is 6.92 Å². The van der Waals surface area contributed by atoms with E-state index in [1.165, 1.54) is 0 Å². The highest BCUT2D eigenvalue weighted by molar-refractivity contribution is 5.43. The van der Waals surface area contributed by atoms with Gasteiger partial charge in [-0.3, -0.25) is 0 Å². The lowest BCUT2D eigenvalue weighted by atomic mass is 10.1. The van der Waals surface area contributed by atoms with Crippen molar-refractivity contribution in [2.45, 2.75) is 39.8 Å². The molecule has 1 aromatic heterocycles. The summed E-state index contributed by atoms with van der Waals surface area (Å²) >= 11 is 0. The predicted octanol–water partition coefficient (Wildman–Crippen LogP) is 1.37. The first-order chi connectivity index (χ1) is 8.60. The molecule has 1 aliphatic rings. The van der Waals surface area contributed by atoms with Crippen LogP contribution in [0.5, 0.6) is 5.88 Å². The first-order valence-corrected chi connectivity index (χ1v) is 6.58. The van der Waals surface area contributed by atoms with Crippen molar-refractivity contribution in [1.82, 2.24) is 15.3 Å². The van der Waals surface area contributed by atoms with Gasteiger partial charge in [-0.05, 0) is 27.7 Å². The largest absolute Gasteiger partial charge is 0.478 e. The van der Waals surface area contributed by atoms with Crippen LogP contribution in [0.3, 0.4) is 0 Å². The van der Waals surface area contributed by atoms with Gasteiger partial charge >= 0.3 is 0 Å². The van der Waals surface area contributed by atoms with E-state index < -0.39 is 0 Å². The molecule has 2 unspecified atom stereocenters. The number of aromatic nitrogens is 2. The van der Waals surface area contributed by atoms with E-state index in [-0.39, 0.29) is 0 Å². The van der Waals surface area contributed by atoms with Gasteiger partial charge in [-0.15, -0.1) is 0 Å². The number of piperazine rings is 1. The third-order valence-electron chi connectivity index (χ3n) is 3.15. The predicted molar refractivity (Wildman–Crippen MR) is 72.2 cm³/mol. The number of ether oxygens (including phenoxy) is 1. The Kier molecular flexibility index (Phi) is 4.01. The number of anilines is 1. The lowest BCUT2D eigenvalue weighted by molar-refractivity contribution is 0.325. The SMILES string of the molecule is CCOc1cc(N2CC(C)NCC2C)nc(C)n1. The molecule has 0 amide bonds. The molecular formula is C13H22N4O. The Labute approximate surface area is 109 Å². The first-order valence-electron chi connectivity index (χ1n) is 6.58. The minimum Gasteiger partial charge on any atom is -0.478 e. The van der Waals surface area contributed by atoms with Crippen LogP contribution < -0.4 is 15.0 Å². The fourth-order valence-electron chi connectivity index (χ4n) is 2.24. The quantitative estimate of drug-likeness (QED) is 0.878. The Hall–Kier alpha value is -1.36. The third-order valence-corrected chi connectivity index (χ3v) is 3.15. The molecule has 1 aliphatic heterocycles. The molecule has 0 radical (unpaired) electrons. The van der Waals surface area contributed by atoms with Crippen molar-refractivity contribution in [1.29, 1.82) is 0 Å². The molecule has 0 spiro atoms. The molecular weight excluding hydrogens is 228 g/mol. The van der Waals surface area contributed by atoms with E-state index in [9.17, 15) is 0 Å². The Bertz CT molecular complexity index is 410. The molecule has 1 aromatic rings. The highest BCUT2D eigenvalue weighted by Crippen LogP contribution is 2.21. The maximum Gasteiger partial charge on any atom is 0.218 e. The van der Waals surface area contributed by atoms with Crippen LogP contribution in [-0.2, 0) is 0 Å². The smallest absolute Gasteiger partial charge is 0.218 e. The molecule has 5 nitrogen and oxygen atoms in total. The van der Waals surface area contributed by atoms with Gasteiger partial charge in [-0.2, -0.15) is 4.98 Å². The number of rotatable bonds is 3. The minimum atomic E-state index is 0.435. The van der Waals surface area contributed by atoms with Gasteiger partial charge in [0.1, 0.15) is 11.6 Å². The Morgan fingerprint density at radius 1 is 1.44 bits per heavy atom. The summed E-state index contributed by atoms with van der Waals surface area (Å²) in [5.41, 5.74) is 0. The number of nitrogens with zero attached hydrogens (tertiary/aromatic N) is 3. The molecule has 5 heteroatoms. The van der Waals surface area contributed by atoms with E-state index >= 15 is 0 Å². The van der Waals surface area contributed by atoms with Gasteiger partial charge in [0.15, 0.2) is 0 Å². The van der Waals surface area contributed by atoms with Crippen molar-refractivity contribution in [2.24, 2.45) is 0 Å². The van der Waals surface area contributed by atoms with Gasteiger partial charge in [0, 0.05) is 31.2 Å². The highest BCUT2D eigenvalue weighted by atomic mass is 16.5. The van der Waals surface area contributed by atoms with Gasteiger partial charge < -0.3 is 15.0 Å².